The number of carboxylic acids is 1. The lowest BCUT2D eigenvalue weighted by Crippen LogP contribution is -2.21. The molecule has 2 aromatic carbocycles. The Bertz CT molecular complexity index is 651. The van der Waals surface area contributed by atoms with Crippen LogP contribution in [0.5, 0.6) is 0 Å². The standard InChI is InChI=1S/C14H10BrClFNO2/c15-12-5-4-9(17)7-11(12)13(14(19)20)18-10-3-1-2-8(16)6-10/h1-7,13,18H,(H,19,20). The lowest BCUT2D eigenvalue weighted by atomic mass is 10.1. The first-order valence-electron chi connectivity index (χ1n) is 5.67. The summed E-state index contributed by atoms with van der Waals surface area (Å²) in [5.41, 5.74) is 0.846. The monoisotopic (exact) mass is 357 g/mol. The van der Waals surface area contributed by atoms with Crippen molar-refractivity contribution in [2.75, 3.05) is 5.32 Å². The van der Waals surface area contributed by atoms with E-state index in [2.05, 4.69) is 21.2 Å². The molecule has 2 rings (SSSR count). The number of rotatable bonds is 4. The Morgan fingerprint density at radius 3 is 2.70 bits per heavy atom. The normalized spacial score (nSPS) is 11.9. The van der Waals surface area contributed by atoms with Crippen LogP contribution < -0.4 is 5.32 Å². The van der Waals surface area contributed by atoms with Crippen molar-refractivity contribution in [1.29, 1.82) is 0 Å². The average molecular weight is 359 g/mol. The van der Waals surface area contributed by atoms with Crippen LogP contribution in [-0.2, 0) is 4.79 Å². The van der Waals surface area contributed by atoms with Crippen molar-refractivity contribution in [2.24, 2.45) is 0 Å². The van der Waals surface area contributed by atoms with E-state index in [1.54, 1.807) is 24.3 Å². The van der Waals surface area contributed by atoms with Crippen LogP contribution in [0, 0.1) is 5.82 Å². The third kappa shape index (κ3) is 3.49. The summed E-state index contributed by atoms with van der Waals surface area (Å²) in [4.78, 5) is 11.4. The van der Waals surface area contributed by atoms with Crippen LogP contribution in [0.15, 0.2) is 46.9 Å². The molecule has 0 bridgehead atoms. The number of carboxylic acid groups (broad SMARTS) is 1. The van der Waals surface area contributed by atoms with Gasteiger partial charge in [-0.25, -0.2) is 9.18 Å². The second-order valence-electron chi connectivity index (χ2n) is 4.09. The van der Waals surface area contributed by atoms with Gasteiger partial charge in [0.05, 0.1) is 0 Å². The molecule has 104 valence electrons. The number of hydrogen-bond donors (Lipinski definition) is 2. The smallest absolute Gasteiger partial charge is 0.330 e. The maximum atomic E-state index is 13.3. The number of anilines is 1. The minimum absolute atomic E-state index is 0.303. The Kier molecular flexibility index (Phi) is 4.62. The average Bonchev–Trinajstić information content (AvgIpc) is 2.39. The van der Waals surface area contributed by atoms with Crippen LogP contribution in [0.25, 0.3) is 0 Å². The fraction of sp³-hybridized carbons (Fsp3) is 0.0714. The summed E-state index contributed by atoms with van der Waals surface area (Å²) in [6.07, 6.45) is 0. The van der Waals surface area contributed by atoms with Crippen molar-refractivity contribution in [3.8, 4) is 0 Å². The molecule has 0 radical (unpaired) electrons. The van der Waals surface area contributed by atoms with E-state index in [0.717, 1.165) is 0 Å². The first kappa shape index (κ1) is 14.8. The van der Waals surface area contributed by atoms with Crippen molar-refractivity contribution in [2.45, 2.75) is 6.04 Å². The minimum Gasteiger partial charge on any atom is -0.479 e. The molecule has 1 unspecified atom stereocenters. The minimum atomic E-state index is -1.11. The number of nitrogens with one attached hydrogen (secondary N) is 1. The summed E-state index contributed by atoms with van der Waals surface area (Å²) in [5, 5.41) is 12.6. The Balaban J connectivity index is 2.37. The van der Waals surface area contributed by atoms with E-state index < -0.39 is 17.8 Å². The Morgan fingerprint density at radius 1 is 1.30 bits per heavy atom. The number of hydrogen-bond acceptors (Lipinski definition) is 2. The molecule has 1 atom stereocenters. The third-order valence-corrected chi connectivity index (χ3v) is 3.61. The van der Waals surface area contributed by atoms with Gasteiger partial charge in [0.25, 0.3) is 0 Å². The van der Waals surface area contributed by atoms with Gasteiger partial charge in [-0.15, -0.1) is 0 Å². The van der Waals surface area contributed by atoms with Gasteiger partial charge in [0.2, 0.25) is 0 Å². The molecule has 2 aromatic rings. The zero-order valence-electron chi connectivity index (χ0n) is 10.1. The molecular weight excluding hydrogens is 349 g/mol. The molecule has 0 saturated carbocycles. The SMILES string of the molecule is O=C(O)C(Nc1cccc(Cl)c1)c1cc(F)ccc1Br. The van der Waals surface area contributed by atoms with Gasteiger partial charge in [0.15, 0.2) is 6.04 Å². The number of carbonyl (C=O) groups is 1. The molecule has 20 heavy (non-hydrogen) atoms. The lowest BCUT2D eigenvalue weighted by Gasteiger charge is -2.17. The molecule has 3 nitrogen and oxygen atoms in total. The highest BCUT2D eigenvalue weighted by Crippen LogP contribution is 2.28. The van der Waals surface area contributed by atoms with Gasteiger partial charge in [-0.05, 0) is 36.4 Å². The highest BCUT2D eigenvalue weighted by atomic mass is 79.9. The van der Waals surface area contributed by atoms with E-state index in [-0.39, 0.29) is 0 Å². The molecule has 0 aliphatic carbocycles. The van der Waals surface area contributed by atoms with E-state index in [1.807, 2.05) is 0 Å². The number of halogens is 3. The molecule has 0 heterocycles. The highest BCUT2D eigenvalue weighted by molar-refractivity contribution is 9.10. The number of benzene rings is 2. The molecule has 0 amide bonds. The molecule has 0 fully saturated rings. The van der Waals surface area contributed by atoms with Crippen molar-refractivity contribution >= 4 is 39.2 Å². The summed E-state index contributed by atoms with van der Waals surface area (Å²) in [7, 11) is 0. The predicted octanol–water partition coefficient (Wildman–Crippen LogP) is 4.48. The molecule has 0 saturated heterocycles. The molecular formula is C14H10BrClFNO2. The zero-order valence-corrected chi connectivity index (χ0v) is 12.5. The summed E-state index contributed by atoms with van der Waals surface area (Å²) in [6, 6.07) is 9.50. The number of aliphatic carboxylic acids is 1. The van der Waals surface area contributed by atoms with Crippen LogP contribution in [0.2, 0.25) is 5.02 Å². The van der Waals surface area contributed by atoms with Crippen molar-refractivity contribution in [3.05, 3.63) is 63.3 Å². The first-order chi connectivity index (χ1) is 9.47. The van der Waals surface area contributed by atoms with Crippen LogP contribution in [-0.4, -0.2) is 11.1 Å². The van der Waals surface area contributed by atoms with Gasteiger partial charge in [-0.2, -0.15) is 0 Å². The maximum absolute atomic E-state index is 13.3. The molecule has 6 heteroatoms. The van der Waals surface area contributed by atoms with Gasteiger partial charge < -0.3 is 10.4 Å². The fourth-order valence-electron chi connectivity index (χ4n) is 1.75. The Hall–Kier alpha value is -1.59. The van der Waals surface area contributed by atoms with Crippen molar-refractivity contribution < 1.29 is 14.3 Å². The van der Waals surface area contributed by atoms with E-state index in [1.165, 1.54) is 18.2 Å². The van der Waals surface area contributed by atoms with E-state index in [9.17, 15) is 14.3 Å². The largest absolute Gasteiger partial charge is 0.479 e. The van der Waals surface area contributed by atoms with E-state index in [4.69, 9.17) is 11.6 Å². The molecule has 2 N–H and O–H groups in total. The molecule has 0 aliphatic heterocycles. The molecule has 0 aromatic heterocycles. The first-order valence-corrected chi connectivity index (χ1v) is 6.84. The molecule has 0 spiro atoms. The van der Waals surface area contributed by atoms with Gasteiger partial charge in [0, 0.05) is 20.7 Å². The Morgan fingerprint density at radius 2 is 2.05 bits per heavy atom. The van der Waals surface area contributed by atoms with Crippen LogP contribution in [0.1, 0.15) is 11.6 Å². The summed E-state index contributed by atoms with van der Waals surface area (Å²) in [6.45, 7) is 0. The van der Waals surface area contributed by atoms with Gasteiger partial charge in [-0.1, -0.05) is 33.6 Å². The van der Waals surface area contributed by atoms with Crippen LogP contribution in [0.4, 0.5) is 10.1 Å². The topological polar surface area (TPSA) is 49.3 Å². The fourth-order valence-corrected chi connectivity index (χ4v) is 2.42. The van der Waals surface area contributed by atoms with Gasteiger partial charge >= 0.3 is 5.97 Å². The third-order valence-electron chi connectivity index (χ3n) is 2.65. The van der Waals surface area contributed by atoms with Crippen molar-refractivity contribution in [3.63, 3.8) is 0 Å². The molecule has 0 aliphatic rings. The van der Waals surface area contributed by atoms with Gasteiger partial charge in [0.1, 0.15) is 5.82 Å². The quantitative estimate of drug-likeness (QED) is 0.847. The second-order valence-corrected chi connectivity index (χ2v) is 5.38. The maximum Gasteiger partial charge on any atom is 0.330 e. The van der Waals surface area contributed by atoms with Crippen LogP contribution in [0.3, 0.4) is 0 Å². The summed E-state index contributed by atoms with van der Waals surface area (Å²) in [5.74, 6) is -1.61. The second kappa shape index (κ2) is 6.24. The van der Waals surface area contributed by atoms with Crippen LogP contribution >= 0.6 is 27.5 Å². The Labute approximate surface area is 128 Å². The summed E-state index contributed by atoms with van der Waals surface area (Å²) >= 11 is 9.08. The van der Waals surface area contributed by atoms with E-state index in [0.29, 0.717) is 20.7 Å². The highest BCUT2D eigenvalue weighted by Gasteiger charge is 2.22. The lowest BCUT2D eigenvalue weighted by molar-refractivity contribution is -0.138. The summed E-state index contributed by atoms with van der Waals surface area (Å²) < 4.78 is 13.8. The predicted molar refractivity (Wildman–Crippen MR) is 79.6 cm³/mol. The van der Waals surface area contributed by atoms with Gasteiger partial charge in [-0.3, -0.25) is 0 Å². The zero-order chi connectivity index (χ0) is 14.7. The van der Waals surface area contributed by atoms with Crippen molar-refractivity contribution in [1.82, 2.24) is 0 Å². The van der Waals surface area contributed by atoms with E-state index >= 15 is 0 Å².